The highest BCUT2D eigenvalue weighted by molar-refractivity contribution is 5.48. The lowest BCUT2D eigenvalue weighted by Gasteiger charge is -2.12. The number of nitrogens with one attached hydrogen (secondary N) is 1. The summed E-state index contributed by atoms with van der Waals surface area (Å²) in [5, 5.41) is 3.47. The van der Waals surface area contributed by atoms with E-state index in [9.17, 15) is 0 Å². The third kappa shape index (κ3) is 8.05. The first kappa shape index (κ1) is 16.8. The number of likely N-dealkylation sites (N-methyl/N-ethyl adjacent to an activating group) is 1. The Morgan fingerprint density at radius 2 is 1.90 bits per heavy atom. The quantitative estimate of drug-likeness (QED) is 0.619. The van der Waals surface area contributed by atoms with Crippen molar-refractivity contribution in [2.45, 2.75) is 39.0 Å². The van der Waals surface area contributed by atoms with Gasteiger partial charge in [0.1, 0.15) is 12.4 Å². The van der Waals surface area contributed by atoms with Gasteiger partial charge in [-0.15, -0.1) is 0 Å². The van der Waals surface area contributed by atoms with Gasteiger partial charge >= 0.3 is 0 Å². The van der Waals surface area contributed by atoms with Gasteiger partial charge in [0.05, 0.1) is 0 Å². The summed E-state index contributed by atoms with van der Waals surface area (Å²) in [6.07, 6.45) is 6.58. The van der Waals surface area contributed by atoms with Crippen molar-refractivity contribution in [3.63, 3.8) is 0 Å². The summed E-state index contributed by atoms with van der Waals surface area (Å²) in [6.45, 7) is 4.97. The molecule has 0 aromatic heterocycles. The Morgan fingerprint density at radius 3 is 2.65 bits per heavy atom. The number of unbranched alkanes of at least 4 members (excludes halogenated alkanes) is 4. The fourth-order valence-corrected chi connectivity index (χ4v) is 2.00. The third-order valence-corrected chi connectivity index (χ3v) is 3.25. The lowest BCUT2D eigenvalue weighted by molar-refractivity contribution is 0.261. The zero-order chi connectivity index (χ0) is 14.6. The molecule has 114 valence electrons. The Hall–Kier alpha value is -1.22. The number of hydrogen-bond donors (Lipinski definition) is 1. The zero-order valence-electron chi connectivity index (χ0n) is 13.3. The molecule has 1 rings (SSSR count). The summed E-state index contributed by atoms with van der Waals surface area (Å²) in [5.74, 6) is 0.947. The molecule has 20 heavy (non-hydrogen) atoms. The van der Waals surface area contributed by atoms with Gasteiger partial charge in [0.2, 0.25) is 0 Å². The fourth-order valence-electron chi connectivity index (χ4n) is 2.00. The van der Waals surface area contributed by atoms with Crippen LogP contribution in [0.1, 0.15) is 39.0 Å². The molecule has 0 atom stereocenters. The van der Waals surface area contributed by atoms with Gasteiger partial charge < -0.3 is 15.0 Å². The Balaban J connectivity index is 2.22. The average Bonchev–Trinajstić information content (AvgIpc) is 2.43. The largest absolute Gasteiger partial charge is 0.492 e. The first-order chi connectivity index (χ1) is 9.72. The van der Waals surface area contributed by atoms with Gasteiger partial charge in [0.25, 0.3) is 0 Å². The molecule has 3 nitrogen and oxygen atoms in total. The van der Waals surface area contributed by atoms with Crippen LogP contribution in [0.4, 0.5) is 5.69 Å². The highest BCUT2D eigenvalue weighted by Crippen LogP contribution is 2.17. The van der Waals surface area contributed by atoms with Crippen LogP contribution in [0.5, 0.6) is 5.75 Å². The summed E-state index contributed by atoms with van der Waals surface area (Å²) >= 11 is 0. The molecule has 0 radical (unpaired) electrons. The maximum Gasteiger partial charge on any atom is 0.121 e. The predicted octanol–water partition coefficient (Wildman–Crippen LogP) is 4.01. The van der Waals surface area contributed by atoms with Gasteiger partial charge in [0, 0.05) is 24.8 Å². The molecular weight excluding hydrogens is 248 g/mol. The number of rotatable bonds is 11. The van der Waals surface area contributed by atoms with Gasteiger partial charge in [-0.2, -0.15) is 0 Å². The number of benzene rings is 1. The normalized spacial score (nSPS) is 10.8. The highest BCUT2D eigenvalue weighted by atomic mass is 16.5. The Morgan fingerprint density at radius 1 is 1.10 bits per heavy atom. The second kappa shape index (κ2) is 10.6. The molecule has 1 aromatic rings. The van der Waals surface area contributed by atoms with Crippen LogP contribution in [0.2, 0.25) is 0 Å². The Bertz CT molecular complexity index is 353. The number of hydrogen-bond acceptors (Lipinski definition) is 3. The molecule has 3 heteroatoms. The smallest absolute Gasteiger partial charge is 0.121 e. The Labute approximate surface area is 124 Å². The van der Waals surface area contributed by atoms with Crippen LogP contribution < -0.4 is 10.1 Å². The third-order valence-electron chi connectivity index (χ3n) is 3.25. The van der Waals surface area contributed by atoms with E-state index in [1.165, 1.54) is 32.1 Å². The summed E-state index contributed by atoms with van der Waals surface area (Å²) in [5.41, 5.74) is 1.16. The SMILES string of the molecule is CCCCCCCNc1cccc(OCCN(C)C)c1. The van der Waals surface area contributed by atoms with Gasteiger partial charge in [-0.05, 0) is 32.6 Å². The molecule has 0 aliphatic carbocycles. The van der Waals surface area contributed by atoms with E-state index in [1.807, 2.05) is 12.1 Å². The zero-order valence-corrected chi connectivity index (χ0v) is 13.3. The van der Waals surface area contributed by atoms with E-state index in [0.29, 0.717) is 0 Å². The second-order valence-electron chi connectivity index (χ2n) is 5.52. The fraction of sp³-hybridized carbons (Fsp3) is 0.647. The van der Waals surface area contributed by atoms with Crippen LogP contribution >= 0.6 is 0 Å². The summed E-state index contributed by atoms with van der Waals surface area (Å²) in [7, 11) is 4.11. The van der Waals surface area contributed by atoms with Crippen molar-refractivity contribution in [3.8, 4) is 5.75 Å². The first-order valence-electron chi connectivity index (χ1n) is 7.84. The van der Waals surface area contributed by atoms with Gasteiger partial charge in [-0.3, -0.25) is 0 Å². The minimum atomic E-state index is 0.730. The molecule has 0 bridgehead atoms. The minimum Gasteiger partial charge on any atom is -0.492 e. The van der Waals surface area contributed by atoms with Gasteiger partial charge in [0.15, 0.2) is 0 Å². The topological polar surface area (TPSA) is 24.5 Å². The van der Waals surface area contributed by atoms with E-state index in [-0.39, 0.29) is 0 Å². The van der Waals surface area contributed by atoms with E-state index in [4.69, 9.17) is 4.74 Å². The van der Waals surface area contributed by atoms with Gasteiger partial charge in [-0.1, -0.05) is 38.7 Å². The van der Waals surface area contributed by atoms with Crippen LogP contribution in [0.15, 0.2) is 24.3 Å². The van der Waals surface area contributed by atoms with E-state index in [1.54, 1.807) is 0 Å². The van der Waals surface area contributed by atoms with E-state index in [0.717, 1.165) is 31.1 Å². The first-order valence-corrected chi connectivity index (χ1v) is 7.84. The maximum absolute atomic E-state index is 5.74. The number of ether oxygens (including phenoxy) is 1. The standard InChI is InChI=1S/C17H30N2O/c1-4-5-6-7-8-12-18-16-10-9-11-17(15-16)20-14-13-19(2)3/h9-11,15,18H,4-8,12-14H2,1-3H3. The van der Waals surface area contributed by atoms with Crippen molar-refractivity contribution in [2.24, 2.45) is 0 Å². The number of nitrogens with zero attached hydrogens (tertiary/aromatic N) is 1. The van der Waals surface area contributed by atoms with E-state index >= 15 is 0 Å². The molecule has 1 aromatic carbocycles. The number of anilines is 1. The van der Waals surface area contributed by atoms with Crippen LogP contribution in [-0.4, -0.2) is 38.7 Å². The molecule has 0 spiro atoms. The lowest BCUT2D eigenvalue weighted by Crippen LogP contribution is -2.19. The highest BCUT2D eigenvalue weighted by Gasteiger charge is 1.97. The van der Waals surface area contributed by atoms with Crippen LogP contribution in [0.25, 0.3) is 0 Å². The maximum atomic E-state index is 5.74. The van der Waals surface area contributed by atoms with Crippen LogP contribution in [-0.2, 0) is 0 Å². The Kier molecular flexibility index (Phi) is 8.88. The molecule has 0 heterocycles. The molecular formula is C17H30N2O. The summed E-state index contributed by atoms with van der Waals surface area (Å²) in [4.78, 5) is 2.12. The second-order valence-corrected chi connectivity index (χ2v) is 5.52. The summed E-state index contributed by atoms with van der Waals surface area (Å²) in [6, 6.07) is 8.25. The molecule has 0 saturated carbocycles. The van der Waals surface area contributed by atoms with Crippen molar-refractivity contribution in [3.05, 3.63) is 24.3 Å². The minimum absolute atomic E-state index is 0.730. The van der Waals surface area contributed by atoms with Crippen molar-refractivity contribution >= 4 is 5.69 Å². The molecule has 1 N–H and O–H groups in total. The van der Waals surface area contributed by atoms with Crippen molar-refractivity contribution in [1.82, 2.24) is 4.90 Å². The van der Waals surface area contributed by atoms with Gasteiger partial charge in [-0.25, -0.2) is 0 Å². The monoisotopic (exact) mass is 278 g/mol. The van der Waals surface area contributed by atoms with Crippen molar-refractivity contribution in [2.75, 3.05) is 39.1 Å². The average molecular weight is 278 g/mol. The van der Waals surface area contributed by atoms with Crippen molar-refractivity contribution < 1.29 is 4.74 Å². The molecule has 0 fully saturated rings. The molecule has 0 saturated heterocycles. The lowest BCUT2D eigenvalue weighted by atomic mass is 10.1. The van der Waals surface area contributed by atoms with Crippen LogP contribution in [0, 0.1) is 0 Å². The van der Waals surface area contributed by atoms with Crippen LogP contribution in [0.3, 0.4) is 0 Å². The van der Waals surface area contributed by atoms with E-state index < -0.39 is 0 Å². The molecule has 0 unspecified atom stereocenters. The molecule has 0 amide bonds. The van der Waals surface area contributed by atoms with Crippen molar-refractivity contribution in [1.29, 1.82) is 0 Å². The molecule has 0 aliphatic heterocycles. The van der Waals surface area contributed by atoms with E-state index in [2.05, 4.69) is 43.4 Å². The summed E-state index contributed by atoms with van der Waals surface area (Å²) < 4.78 is 5.74. The predicted molar refractivity (Wildman–Crippen MR) is 87.7 cm³/mol. The molecule has 0 aliphatic rings.